The molecule has 1 rings (SSSR count). The molecule has 0 fully saturated rings. The number of rotatable bonds is 4. The van der Waals surface area contributed by atoms with Crippen LogP contribution in [-0.2, 0) is 9.53 Å². The van der Waals surface area contributed by atoms with Crippen LogP contribution in [0, 0.1) is 12.3 Å². The molecule has 2 nitrogen and oxygen atoms in total. The van der Waals surface area contributed by atoms with Crippen molar-refractivity contribution in [2.75, 3.05) is 6.61 Å². The quantitative estimate of drug-likeness (QED) is 0.273. The third kappa shape index (κ3) is 7.32. The summed E-state index contributed by atoms with van der Waals surface area (Å²) in [4.78, 5) is 10.1. The van der Waals surface area contributed by atoms with E-state index in [-0.39, 0.29) is 12.0 Å². The summed E-state index contributed by atoms with van der Waals surface area (Å²) in [5.74, 6) is 1.66. The molecular formula is C15H15ClO2. The summed E-state index contributed by atoms with van der Waals surface area (Å²) in [6, 6.07) is 9.87. The molecule has 0 radical (unpaired) electrons. The lowest BCUT2D eigenvalue weighted by molar-refractivity contribution is -0.136. The van der Waals surface area contributed by atoms with Gasteiger partial charge in [-0.2, -0.15) is 0 Å². The van der Waals surface area contributed by atoms with Crippen LogP contribution in [0.1, 0.15) is 10.9 Å². The minimum atomic E-state index is -0.483. The molecule has 0 aliphatic heterocycles. The molecule has 1 unspecified atom stereocenters. The topological polar surface area (TPSA) is 26.3 Å². The van der Waals surface area contributed by atoms with Gasteiger partial charge >= 0.3 is 5.97 Å². The number of allylic oxidation sites excluding steroid dienone is 1. The SMILES string of the molecule is C#CCOC(=O)C=C.C=CC(Cl)c1ccccc1. The molecule has 1 atom stereocenters. The van der Waals surface area contributed by atoms with Gasteiger partial charge in [-0.3, -0.25) is 0 Å². The van der Waals surface area contributed by atoms with Gasteiger partial charge in [0, 0.05) is 6.08 Å². The smallest absolute Gasteiger partial charge is 0.331 e. The number of benzene rings is 1. The van der Waals surface area contributed by atoms with Gasteiger partial charge in [0.05, 0.1) is 5.38 Å². The van der Waals surface area contributed by atoms with Gasteiger partial charge in [0.1, 0.15) is 0 Å². The Labute approximate surface area is 113 Å². The van der Waals surface area contributed by atoms with Gasteiger partial charge in [0.2, 0.25) is 0 Å². The highest BCUT2D eigenvalue weighted by molar-refractivity contribution is 6.21. The van der Waals surface area contributed by atoms with Crippen LogP contribution in [0.2, 0.25) is 0 Å². The highest BCUT2D eigenvalue weighted by atomic mass is 35.5. The normalized spacial score (nSPS) is 10.0. The summed E-state index contributed by atoms with van der Waals surface area (Å²) in [5.41, 5.74) is 1.10. The standard InChI is InChI=1S/C9H9Cl.C6H6O2/c1-2-9(10)8-6-4-3-5-7-8;1-3-5-8-6(7)4-2/h2-7,9H,1H2;1,4H,2,5H2. The second-order valence-electron chi connectivity index (χ2n) is 3.06. The third-order valence-corrected chi connectivity index (χ3v) is 2.22. The number of halogens is 1. The van der Waals surface area contributed by atoms with Crippen molar-refractivity contribution in [1.29, 1.82) is 0 Å². The second kappa shape index (κ2) is 10.2. The first-order chi connectivity index (χ1) is 8.65. The molecule has 0 saturated carbocycles. The van der Waals surface area contributed by atoms with E-state index in [1.54, 1.807) is 6.08 Å². The van der Waals surface area contributed by atoms with Crippen LogP contribution in [0.25, 0.3) is 0 Å². The largest absolute Gasteiger partial charge is 0.449 e. The van der Waals surface area contributed by atoms with Crippen LogP contribution in [-0.4, -0.2) is 12.6 Å². The molecular weight excluding hydrogens is 248 g/mol. The molecule has 1 aromatic rings. The number of alkyl halides is 1. The van der Waals surface area contributed by atoms with Crippen LogP contribution in [0.5, 0.6) is 0 Å². The molecule has 0 spiro atoms. The van der Waals surface area contributed by atoms with Crippen LogP contribution in [0.4, 0.5) is 0 Å². The van der Waals surface area contributed by atoms with Gasteiger partial charge in [0.25, 0.3) is 0 Å². The van der Waals surface area contributed by atoms with Crippen molar-refractivity contribution in [1.82, 2.24) is 0 Å². The Hall–Kier alpha value is -1.98. The number of carbonyl (C=O) groups excluding carboxylic acids is 1. The average molecular weight is 263 g/mol. The van der Waals surface area contributed by atoms with Crippen LogP contribution >= 0.6 is 11.6 Å². The molecule has 0 aromatic heterocycles. The average Bonchev–Trinajstić information content (AvgIpc) is 2.45. The van der Waals surface area contributed by atoms with Crippen LogP contribution < -0.4 is 0 Å². The van der Waals surface area contributed by atoms with Crippen LogP contribution in [0.15, 0.2) is 55.6 Å². The van der Waals surface area contributed by atoms with Crippen molar-refractivity contribution < 1.29 is 9.53 Å². The van der Waals surface area contributed by atoms with Crippen molar-refractivity contribution in [3.05, 3.63) is 61.2 Å². The van der Waals surface area contributed by atoms with Gasteiger partial charge in [-0.1, -0.05) is 48.9 Å². The van der Waals surface area contributed by atoms with Crippen molar-refractivity contribution in [3.63, 3.8) is 0 Å². The zero-order chi connectivity index (χ0) is 13.8. The Morgan fingerprint density at radius 2 is 2.06 bits per heavy atom. The highest BCUT2D eigenvalue weighted by Gasteiger charge is 1.98. The Morgan fingerprint density at radius 1 is 1.44 bits per heavy atom. The van der Waals surface area contributed by atoms with Crippen molar-refractivity contribution in [2.45, 2.75) is 5.38 Å². The molecule has 0 N–H and O–H groups in total. The van der Waals surface area contributed by atoms with E-state index in [1.165, 1.54) is 0 Å². The fraction of sp³-hybridized carbons (Fsp3) is 0.133. The molecule has 3 heteroatoms. The maximum atomic E-state index is 10.1. The maximum Gasteiger partial charge on any atom is 0.331 e. The van der Waals surface area contributed by atoms with E-state index in [2.05, 4.69) is 23.8 Å². The minimum Gasteiger partial charge on any atom is -0.449 e. The molecule has 18 heavy (non-hydrogen) atoms. The lowest BCUT2D eigenvalue weighted by Gasteiger charge is -2.01. The van der Waals surface area contributed by atoms with E-state index >= 15 is 0 Å². The number of terminal acetylenes is 1. The molecule has 0 aliphatic rings. The van der Waals surface area contributed by atoms with Gasteiger partial charge in [-0.25, -0.2) is 4.79 Å². The van der Waals surface area contributed by atoms with Crippen molar-refractivity contribution in [2.24, 2.45) is 0 Å². The lowest BCUT2D eigenvalue weighted by Crippen LogP contribution is -1.98. The maximum absolute atomic E-state index is 10.1. The fourth-order valence-corrected chi connectivity index (χ4v) is 1.09. The van der Waals surface area contributed by atoms with Crippen molar-refractivity contribution in [3.8, 4) is 12.3 Å². The van der Waals surface area contributed by atoms with E-state index in [0.717, 1.165) is 11.6 Å². The first-order valence-corrected chi connectivity index (χ1v) is 5.63. The molecule has 0 saturated heterocycles. The zero-order valence-corrected chi connectivity index (χ0v) is 10.8. The number of hydrogen-bond acceptors (Lipinski definition) is 2. The molecule has 0 heterocycles. The van der Waals surface area contributed by atoms with E-state index in [0.29, 0.717) is 0 Å². The van der Waals surface area contributed by atoms with E-state index in [4.69, 9.17) is 18.0 Å². The summed E-state index contributed by atoms with van der Waals surface area (Å²) >= 11 is 5.87. The Balaban J connectivity index is 0.000000331. The van der Waals surface area contributed by atoms with E-state index in [1.807, 2.05) is 30.3 Å². The van der Waals surface area contributed by atoms with E-state index < -0.39 is 5.97 Å². The van der Waals surface area contributed by atoms with Gasteiger partial charge < -0.3 is 4.74 Å². The summed E-state index contributed by atoms with van der Waals surface area (Å²) in [6.07, 6.45) is 7.56. The Kier molecular flexibility index (Phi) is 9.07. The first-order valence-electron chi connectivity index (χ1n) is 5.20. The van der Waals surface area contributed by atoms with Gasteiger partial charge in [-0.15, -0.1) is 24.6 Å². The van der Waals surface area contributed by atoms with E-state index in [9.17, 15) is 4.79 Å². The molecule has 94 valence electrons. The summed E-state index contributed by atoms with van der Waals surface area (Å²) in [5, 5.41) is -0.0544. The van der Waals surface area contributed by atoms with Gasteiger partial charge in [0.15, 0.2) is 6.61 Å². The Bertz CT molecular complexity index is 418. The number of ether oxygens (including phenoxy) is 1. The number of carbonyl (C=O) groups is 1. The lowest BCUT2D eigenvalue weighted by atomic mass is 10.1. The summed E-state index contributed by atoms with van der Waals surface area (Å²) in [6.45, 7) is 6.79. The number of esters is 1. The highest BCUT2D eigenvalue weighted by Crippen LogP contribution is 2.19. The van der Waals surface area contributed by atoms with Gasteiger partial charge in [-0.05, 0) is 5.56 Å². The van der Waals surface area contributed by atoms with Crippen molar-refractivity contribution >= 4 is 17.6 Å². The second-order valence-corrected chi connectivity index (χ2v) is 3.53. The first kappa shape index (κ1) is 16.0. The predicted octanol–water partition coefficient (Wildman–Crippen LogP) is 3.50. The molecule has 0 bridgehead atoms. The summed E-state index contributed by atoms with van der Waals surface area (Å²) in [7, 11) is 0. The predicted molar refractivity (Wildman–Crippen MR) is 75.2 cm³/mol. The fourth-order valence-electron chi connectivity index (χ4n) is 0.945. The monoisotopic (exact) mass is 262 g/mol. The minimum absolute atomic E-state index is 0.0187. The third-order valence-electron chi connectivity index (χ3n) is 1.79. The van der Waals surface area contributed by atoms with Crippen LogP contribution in [0.3, 0.4) is 0 Å². The summed E-state index contributed by atoms with van der Waals surface area (Å²) < 4.78 is 4.35. The Morgan fingerprint density at radius 3 is 2.50 bits per heavy atom. The molecule has 1 aromatic carbocycles. The number of hydrogen-bond donors (Lipinski definition) is 0. The zero-order valence-electron chi connectivity index (χ0n) is 10.0. The molecule has 0 aliphatic carbocycles. The molecule has 0 amide bonds.